The van der Waals surface area contributed by atoms with Gasteiger partial charge in [-0.15, -0.1) is 0 Å². The molecule has 1 atom stereocenters. The molecule has 2 N–H and O–H groups in total. The van der Waals surface area contributed by atoms with Crippen molar-refractivity contribution in [3.8, 4) is 11.5 Å². The fraction of sp³-hybridized carbons (Fsp3) is 0.273. The van der Waals surface area contributed by atoms with E-state index in [0.717, 1.165) is 5.56 Å². The summed E-state index contributed by atoms with van der Waals surface area (Å²) >= 11 is 5.88. The molecule has 2 aromatic rings. The van der Waals surface area contributed by atoms with E-state index in [4.69, 9.17) is 21.9 Å². The predicted octanol–water partition coefficient (Wildman–Crippen LogP) is 2.28. The molecule has 1 aromatic carbocycles. The van der Waals surface area contributed by atoms with Gasteiger partial charge in [0.1, 0.15) is 0 Å². The van der Waals surface area contributed by atoms with Gasteiger partial charge in [-0.1, -0.05) is 22.8 Å². The molecule has 0 radical (unpaired) electrons. The van der Waals surface area contributed by atoms with Gasteiger partial charge in [0.25, 0.3) is 5.89 Å². The van der Waals surface area contributed by atoms with Crippen LogP contribution in [0.3, 0.4) is 0 Å². The van der Waals surface area contributed by atoms with Gasteiger partial charge in [-0.05, 0) is 25.1 Å². The standard InChI is InChI=1S/C11H12ClN3O/c1-7(13)5-10-14-11(16-15-10)8-3-2-4-9(12)6-8/h2-4,6-7H,5,13H2,1H3. The van der Waals surface area contributed by atoms with Gasteiger partial charge in [0.2, 0.25) is 0 Å². The van der Waals surface area contributed by atoms with Crippen molar-refractivity contribution in [2.24, 2.45) is 5.73 Å². The summed E-state index contributed by atoms with van der Waals surface area (Å²) in [5, 5.41) is 4.50. The molecule has 1 unspecified atom stereocenters. The van der Waals surface area contributed by atoms with Crippen LogP contribution in [0.5, 0.6) is 0 Å². The highest BCUT2D eigenvalue weighted by molar-refractivity contribution is 6.30. The molecule has 4 nitrogen and oxygen atoms in total. The number of hydrogen-bond donors (Lipinski definition) is 1. The highest BCUT2D eigenvalue weighted by Gasteiger charge is 2.10. The average Bonchev–Trinajstić information content (AvgIpc) is 2.65. The van der Waals surface area contributed by atoms with Crippen molar-refractivity contribution >= 4 is 11.6 Å². The summed E-state index contributed by atoms with van der Waals surface area (Å²) in [5.74, 6) is 1.09. The lowest BCUT2D eigenvalue weighted by molar-refractivity contribution is 0.420. The maximum atomic E-state index is 5.88. The highest BCUT2D eigenvalue weighted by Crippen LogP contribution is 2.20. The number of benzene rings is 1. The lowest BCUT2D eigenvalue weighted by Crippen LogP contribution is -2.18. The van der Waals surface area contributed by atoms with Crippen LogP contribution in [0.15, 0.2) is 28.8 Å². The Morgan fingerprint density at radius 3 is 3.00 bits per heavy atom. The van der Waals surface area contributed by atoms with E-state index >= 15 is 0 Å². The Kier molecular flexibility index (Phi) is 3.22. The van der Waals surface area contributed by atoms with Crippen LogP contribution < -0.4 is 5.73 Å². The molecule has 1 aromatic heterocycles. The normalized spacial score (nSPS) is 12.7. The Hall–Kier alpha value is -1.39. The third-order valence-corrected chi connectivity index (χ3v) is 2.28. The minimum absolute atomic E-state index is 0.0183. The highest BCUT2D eigenvalue weighted by atomic mass is 35.5. The summed E-state index contributed by atoms with van der Waals surface area (Å²) in [5.41, 5.74) is 6.47. The van der Waals surface area contributed by atoms with Crippen molar-refractivity contribution < 1.29 is 4.52 Å². The molecule has 0 spiro atoms. The number of aromatic nitrogens is 2. The zero-order valence-electron chi connectivity index (χ0n) is 8.85. The first kappa shape index (κ1) is 11.1. The van der Waals surface area contributed by atoms with Gasteiger partial charge in [-0.25, -0.2) is 0 Å². The molecule has 0 aliphatic carbocycles. The number of nitrogens with two attached hydrogens (primary N) is 1. The van der Waals surface area contributed by atoms with Crippen molar-refractivity contribution in [1.29, 1.82) is 0 Å². The van der Waals surface area contributed by atoms with Gasteiger partial charge in [-0.2, -0.15) is 4.98 Å². The van der Waals surface area contributed by atoms with E-state index in [2.05, 4.69) is 10.1 Å². The van der Waals surface area contributed by atoms with Crippen LogP contribution in [0.2, 0.25) is 5.02 Å². The van der Waals surface area contributed by atoms with Gasteiger partial charge in [0.15, 0.2) is 5.82 Å². The summed E-state index contributed by atoms with van der Waals surface area (Å²) in [6.07, 6.45) is 0.601. The third-order valence-electron chi connectivity index (χ3n) is 2.04. The maximum absolute atomic E-state index is 5.88. The van der Waals surface area contributed by atoms with E-state index in [9.17, 15) is 0 Å². The summed E-state index contributed by atoms with van der Waals surface area (Å²) in [4.78, 5) is 4.25. The van der Waals surface area contributed by atoms with E-state index in [1.54, 1.807) is 12.1 Å². The monoisotopic (exact) mass is 237 g/mol. The fourth-order valence-corrected chi connectivity index (χ4v) is 1.55. The van der Waals surface area contributed by atoms with Gasteiger partial charge >= 0.3 is 0 Å². The Morgan fingerprint density at radius 1 is 1.50 bits per heavy atom. The molecule has 2 rings (SSSR count). The van der Waals surface area contributed by atoms with Crippen molar-refractivity contribution in [3.63, 3.8) is 0 Å². The number of hydrogen-bond acceptors (Lipinski definition) is 4. The van der Waals surface area contributed by atoms with E-state index < -0.39 is 0 Å². The van der Waals surface area contributed by atoms with Gasteiger partial charge in [0, 0.05) is 23.0 Å². The molecule has 5 heteroatoms. The van der Waals surface area contributed by atoms with E-state index in [0.29, 0.717) is 23.2 Å². The van der Waals surface area contributed by atoms with Crippen LogP contribution in [-0.4, -0.2) is 16.2 Å². The lowest BCUT2D eigenvalue weighted by Gasteiger charge is -1.97. The molecule has 0 fully saturated rings. The molecule has 16 heavy (non-hydrogen) atoms. The SMILES string of the molecule is CC(N)Cc1noc(-c2cccc(Cl)c2)n1. The largest absolute Gasteiger partial charge is 0.334 e. The lowest BCUT2D eigenvalue weighted by atomic mass is 10.2. The van der Waals surface area contributed by atoms with Gasteiger partial charge < -0.3 is 10.3 Å². The number of nitrogens with zero attached hydrogens (tertiary/aromatic N) is 2. The van der Waals surface area contributed by atoms with Crippen molar-refractivity contribution in [1.82, 2.24) is 10.1 Å². The molecule has 0 aliphatic heterocycles. The quantitative estimate of drug-likeness (QED) is 0.890. The molecule has 1 heterocycles. The summed E-state index contributed by atoms with van der Waals surface area (Å²) in [6.45, 7) is 1.90. The van der Waals surface area contributed by atoms with Crippen molar-refractivity contribution in [3.05, 3.63) is 35.1 Å². The Bertz CT molecular complexity index is 482. The average molecular weight is 238 g/mol. The molecule has 0 amide bonds. The first-order valence-corrected chi connectivity index (χ1v) is 5.37. The molecule has 0 saturated carbocycles. The number of halogens is 1. The van der Waals surface area contributed by atoms with Crippen LogP contribution in [0.4, 0.5) is 0 Å². The van der Waals surface area contributed by atoms with E-state index in [1.165, 1.54) is 0 Å². The fourth-order valence-electron chi connectivity index (χ4n) is 1.36. The number of rotatable bonds is 3. The molecule has 0 bridgehead atoms. The second kappa shape index (κ2) is 4.63. The third kappa shape index (κ3) is 2.59. The zero-order valence-corrected chi connectivity index (χ0v) is 9.61. The van der Waals surface area contributed by atoms with Crippen molar-refractivity contribution in [2.75, 3.05) is 0 Å². The minimum atomic E-state index is 0.0183. The molecule has 0 saturated heterocycles. The Balaban J connectivity index is 2.24. The molecule has 84 valence electrons. The Morgan fingerprint density at radius 2 is 2.31 bits per heavy atom. The van der Waals surface area contributed by atoms with Crippen LogP contribution in [0.25, 0.3) is 11.5 Å². The smallest absolute Gasteiger partial charge is 0.257 e. The minimum Gasteiger partial charge on any atom is -0.334 e. The second-order valence-corrected chi connectivity index (χ2v) is 4.14. The van der Waals surface area contributed by atoms with E-state index in [-0.39, 0.29) is 6.04 Å². The molecule has 0 aliphatic rings. The van der Waals surface area contributed by atoms with Gasteiger partial charge in [0.05, 0.1) is 0 Å². The first-order chi connectivity index (χ1) is 7.65. The van der Waals surface area contributed by atoms with Crippen LogP contribution >= 0.6 is 11.6 Å². The van der Waals surface area contributed by atoms with Crippen LogP contribution in [0, 0.1) is 0 Å². The molecular formula is C11H12ClN3O. The van der Waals surface area contributed by atoms with Crippen molar-refractivity contribution in [2.45, 2.75) is 19.4 Å². The van der Waals surface area contributed by atoms with Gasteiger partial charge in [-0.3, -0.25) is 0 Å². The van der Waals surface area contributed by atoms with Crippen LogP contribution in [-0.2, 0) is 6.42 Å². The van der Waals surface area contributed by atoms with E-state index in [1.807, 2.05) is 19.1 Å². The summed E-state index contributed by atoms with van der Waals surface area (Å²) in [6, 6.07) is 7.31. The second-order valence-electron chi connectivity index (χ2n) is 3.71. The van der Waals surface area contributed by atoms with Crippen LogP contribution in [0.1, 0.15) is 12.7 Å². The zero-order chi connectivity index (χ0) is 11.5. The summed E-state index contributed by atoms with van der Waals surface area (Å²) in [7, 11) is 0. The first-order valence-electron chi connectivity index (χ1n) is 4.99. The maximum Gasteiger partial charge on any atom is 0.257 e. The Labute approximate surface area is 98.4 Å². The predicted molar refractivity (Wildman–Crippen MR) is 62.1 cm³/mol. The molecular weight excluding hydrogens is 226 g/mol. The summed E-state index contributed by atoms with van der Waals surface area (Å²) < 4.78 is 5.13. The topological polar surface area (TPSA) is 64.9 Å².